The second-order valence-electron chi connectivity index (χ2n) is 5.78. The first-order valence-electron chi connectivity index (χ1n) is 7.16. The number of aromatic nitrogens is 1. The summed E-state index contributed by atoms with van der Waals surface area (Å²) >= 11 is 1.80. The number of hydrogen-bond acceptors (Lipinski definition) is 4. The predicted octanol–water partition coefficient (Wildman–Crippen LogP) is 2.42. The molecule has 1 aliphatic heterocycles. The van der Waals surface area contributed by atoms with Crippen LogP contribution in [0.15, 0.2) is 5.38 Å². The van der Waals surface area contributed by atoms with Crippen LogP contribution in [-0.2, 0) is 6.54 Å². The van der Waals surface area contributed by atoms with Crippen LogP contribution < -0.4 is 5.32 Å². The summed E-state index contributed by atoms with van der Waals surface area (Å²) in [6.07, 6.45) is 5.51. The summed E-state index contributed by atoms with van der Waals surface area (Å²) in [7, 11) is 0. The summed E-state index contributed by atoms with van der Waals surface area (Å²) in [6.45, 7) is 6.83. The third-order valence-corrected chi connectivity index (χ3v) is 4.96. The summed E-state index contributed by atoms with van der Waals surface area (Å²) in [4.78, 5) is 7.10. The molecule has 100 valence electrons. The molecule has 0 aromatic carbocycles. The smallest absolute Gasteiger partial charge is 0.107 e. The molecule has 0 bridgehead atoms. The van der Waals surface area contributed by atoms with E-state index in [4.69, 9.17) is 0 Å². The summed E-state index contributed by atoms with van der Waals surface area (Å²) in [6, 6.07) is 0.764. The molecule has 2 heterocycles. The van der Waals surface area contributed by atoms with Crippen LogP contribution in [0.4, 0.5) is 0 Å². The number of hydrogen-bond donors (Lipinski definition) is 1. The number of nitrogens with one attached hydrogen (secondary N) is 1. The molecule has 2 aliphatic rings. The van der Waals surface area contributed by atoms with Gasteiger partial charge in [0.2, 0.25) is 0 Å². The molecule has 0 atom stereocenters. The number of aryl methyl sites for hydroxylation is 1. The van der Waals surface area contributed by atoms with Crippen molar-refractivity contribution in [2.75, 3.05) is 19.6 Å². The molecule has 1 N–H and O–H groups in total. The van der Waals surface area contributed by atoms with Gasteiger partial charge in [-0.2, -0.15) is 0 Å². The molecule has 0 spiro atoms. The van der Waals surface area contributed by atoms with Gasteiger partial charge in [-0.1, -0.05) is 0 Å². The van der Waals surface area contributed by atoms with Gasteiger partial charge in [0, 0.05) is 30.2 Å². The van der Waals surface area contributed by atoms with Crippen LogP contribution in [0.3, 0.4) is 0 Å². The average molecular weight is 265 g/mol. The van der Waals surface area contributed by atoms with E-state index in [1.165, 1.54) is 50.3 Å². The molecule has 3 rings (SSSR count). The quantitative estimate of drug-likeness (QED) is 0.886. The fourth-order valence-electron chi connectivity index (χ4n) is 2.62. The fourth-order valence-corrected chi connectivity index (χ4v) is 3.43. The molecule has 2 fully saturated rings. The second-order valence-corrected chi connectivity index (χ2v) is 6.73. The average Bonchev–Trinajstić information content (AvgIpc) is 3.12. The summed E-state index contributed by atoms with van der Waals surface area (Å²) < 4.78 is 0. The van der Waals surface area contributed by atoms with E-state index in [1.54, 1.807) is 11.3 Å². The molecule has 4 heteroatoms. The van der Waals surface area contributed by atoms with E-state index in [9.17, 15) is 0 Å². The monoisotopic (exact) mass is 265 g/mol. The Morgan fingerprint density at radius 1 is 1.33 bits per heavy atom. The maximum absolute atomic E-state index is 4.55. The molecule has 0 amide bonds. The van der Waals surface area contributed by atoms with E-state index in [0.29, 0.717) is 0 Å². The van der Waals surface area contributed by atoms with Crippen LogP contribution in [0.5, 0.6) is 0 Å². The van der Waals surface area contributed by atoms with Crippen molar-refractivity contribution in [1.29, 1.82) is 0 Å². The van der Waals surface area contributed by atoms with Crippen molar-refractivity contribution in [2.24, 2.45) is 5.92 Å². The van der Waals surface area contributed by atoms with E-state index in [1.807, 2.05) is 0 Å². The SMILES string of the molecule is Cc1csc(CN2CCC(NCC3CC3)CC2)n1. The lowest BCUT2D eigenvalue weighted by molar-refractivity contribution is 0.190. The summed E-state index contributed by atoms with van der Waals surface area (Å²) in [5, 5.41) is 7.16. The topological polar surface area (TPSA) is 28.2 Å². The van der Waals surface area contributed by atoms with Crippen molar-refractivity contribution < 1.29 is 0 Å². The minimum Gasteiger partial charge on any atom is -0.314 e. The molecule has 1 aliphatic carbocycles. The zero-order valence-electron chi connectivity index (χ0n) is 11.2. The van der Waals surface area contributed by atoms with Crippen LogP contribution >= 0.6 is 11.3 Å². The fraction of sp³-hybridized carbons (Fsp3) is 0.786. The van der Waals surface area contributed by atoms with Crippen molar-refractivity contribution in [3.63, 3.8) is 0 Å². The van der Waals surface area contributed by atoms with Crippen molar-refractivity contribution in [1.82, 2.24) is 15.2 Å². The van der Waals surface area contributed by atoms with E-state index in [0.717, 1.165) is 24.2 Å². The van der Waals surface area contributed by atoms with Crippen molar-refractivity contribution in [3.8, 4) is 0 Å². The van der Waals surface area contributed by atoms with E-state index >= 15 is 0 Å². The largest absolute Gasteiger partial charge is 0.314 e. The lowest BCUT2D eigenvalue weighted by atomic mass is 10.0. The number of thiazole rings is 1. The molecule has 0 unspecified atom stereocenters. The highest BCUT2D eigenvalue weighted by atomic mass is 32.1. The molecular weight excluding hydrogens is 242 g/mol. The highest BCUT2D eigenvalue weighted by Crippen LogP contribution is 2.28. The Balaban J connectivity index is 1.39. The minimum absolute atomic E-state index is 0.764. The summed E-state index contributed by atoms with van der Waals surface area (Å²) in [5.74, 6) is 1.00. The molecule has 3 nitrogen and oxygen atoms in total. The highest BCUT2D eigenvalue weighted by Gasteiger charge is 2.24. The molecule has 0 radical (unpaired) electrons. The molecule has 1 saturated heterocycles. The van der Waals surface area contributed by atoms with Crippen molar-refractivity contribution in [2.45, 2.75) is 45.2 Å². The molecule has 1 aromatic heterocycles. The van der Waals surface area contributed by atoms with Crippen molar-refractivity contribution in [3.05, 3.63) is 16.1 Å². The molecule has 1 aromatic rings. The van der Waals surface area contributed by atoms with Gasteiger partial charge in [0.15, 0.2) is 0 Å². The number of likely N-dealkylation sites (tertiary alicyclic amines) is 1. The van der Waals surface area contributed by atoms with Crippen LogP contribution in [-0.4, -0.2) is 35.6 Å². The first-order chi connectivity index (χ1) is 8.79. The van der Waals surface area contributed by atoms with Gasteiger partial charge < -0.3 is 5.32 Å². The Labute approximate surface area is 114 Å². The molecule has 18 heavy (non-hydrogen) atoms. The maximum atomic E-state index is 4.55. The van der Waals surface area contributed by atoms with Gasteiger partial charge in [-0.3, -0.25) is 4.90 Å². The zero-order chi connectivity index (χ0) is 12.4. The van der Waals surface area contributed by atoms with E-state index in [-0.39, 0.29) is 0 Å². The Hall–Kier alpha value is -0.450. The third-order valence-electron chi connectivity index (χ3n) is 4.01. The van der Waals surface area contributed by atoms with Crippen LogP contribution in [0.1, 0.15) is 36.4 Å². The van der Waals surface area contributed by atoms with E-state index < -0.39 is 0 Å². The normalized spacial score (nSPS) is 22.5. The molecular formula is C14H23N3S. The van der Waals surface area contributed by atoms with E-state index in [2.05, 4.69) is 27.5 Å². The minimum atomic E-state index is 0.764. The Kier molecular flexibility index (Phi) is 3.97. The second kappa shape index (κ2) is 5.68. The lowest BCUT2D eigenvalue weighted by Crippen LogP contribution is -2.42. The first-order valence-corrected chi connectivity index (χ1v) is 8.04. The van der Waals surface area contributed by atoms with Gasteiger partial charge >= 0.3 is 0 Å². The predicted molar refractivity (Wildman–Crippen MR) is 75.9 cm³/mol. The van der Waals surface area contributed by atoms with Gasteiger partial charge in [0.1, 0.15) is 5.01 Å². The maximum Gasteiger partial charge on any atom is 0.107 e. The van der Waals surface area contributed by atoms with Gasteiger partial charge in [-0.15, -0.1) is 11.3 Å². The van der Waals surface area contributed by atoms with Gasteiger partial charge in [0.25, 0.3) is 0 Å². The summed E-state index contributed by atoms with van der Waals surface area (Å²) in [5.41, 5.74) is 1.16. The number of nitrogens with zero attached hydrogens (tertiary/aromatic N) is 2. The number of piperidine rings is 1. The highest BCUT2D eigenvalue weighted by molar-refractivity contribution is 7.09. The Morgan fingerprint density at radius 2 is 2.11 bits per heavy atom. The lowest BCUT2D eigenvalue weighted by Gasteiger charge is -2.31. The Morgan fingerprint density at radius 3 is 2.72 bits per heavy atom. The first kappa shape index (κ1) is 12.6. The van der Waals surface area contributed by atoms with Gasteiger partial charge in [0.05, 0.1) is 6.54 Å². The zero-order valence-corrected chi connectivity index (χ0v) is 12.0. The van der Waals surface area contributed by atoms with Crippen molar-refractivity contribution >= 4 is 11.3 Å². The van der Waals surface area contributed by atoms with Gasteiger partial charge in [-0.25, -0.2) is 4.98 Å². The third kappa shape index (κ3) is 3.53. The van der Waals surface area contributed by atoms with Crippen LogP contribution in [0.2, 0.25) is 0 Å². The Bertz CT molecular complexity index is 378. The van der Waals surface area contributed by atoms with Gasteiger partial charge in [-0.05, 0) is 45.1 Å². The standard InChI is InChI=1S/C14H23N3S/c1-11-10-18-14(16-11)9-17-6-4-13(5-7-17)15-8-12-2-3-12/h10,12-13,15H,2-9H2,1H3. The van der Waals surface area contributed by atoms with Crippen LogP contribution in [0, 0.1) is 12.8 Å². The molecule has 1 saturated carbocycles. The van der Waals surface area contributed by atoms with Crippen LogP contribution in [0.25, 0.3) is 0 Å². The number of rotatable bonds is 5.